The lowest BCUT2D eigenvalue weighted by Crippen LogP contribution is -2.28. The van der Waals surface area contributed by atoms with Crippen LogP contribution in [-0.2, 0) is 0 Å². The maximum absolute atomic E-state index is 12.0. The number of nitrogen functional groups attached to an aromatic ring is 1. The Kier molecular flexibility index (Phi) is 5.69. The zero-order valence-corrected chi connectivity index (χ0v) is 14.0. The van der Waals surface area contributed by atoms with Crippen molar-refractivity contribution in [1.29, 1.82) is 0 Å². The van der Waals surface area contributed by atoms with Gasteiger partial charge in [-0.1, -0.05) is 11.6 Å². The number of nitrogens with two attached hydrogens (primary N) is 1. The Labute approximate surface area is 141 Å². The number of amides is 1. The summed E-state index contributed by atoms with van der Waals surface area (Å²) in [4.78, 5) is 12.0. The minimum atomic E-state index is -0.164. The average Bonchev–Trinajstić information content (AvgIpc) is 2.47. The van der Waals surface area contributed by atoms with Gasteiger partial charge in [0.25, 0.3) is 5.91 Å². The molecule has 21 heavy (non-hydrogen) atoms. The Bertz CT molecular complexity index is 632. The highest BCUT2D eigenvalue weighted by molar-refractivity contribution is 14.1. The van der Waals surface area contributed by atoms with Crippen molar-refractivity contribution in [2.75, 3.05) is 18.9 Å². The van der Waals surface area contributed by atoms with Crippen LogP contribution in [0.1, 0.15) is 10.4 Å². The second kappa shape index (κ2) is 7.51. The molecule has 110 valence electrons. The highest BCUT2D eigenvalue weighted by Crippen LogP contribution is 2.17. The first-order valence-corrected chi connectivity index (χ1v) is 7.73. The molecule has 0 aliphatic heterocycles. The second-order valence-corrected chi connectivity index (χ2v) is 5.90. The van der Waals surface area contributed by atoms with E-state index in [1.165, 1.54) is 0 Å². The molecule has 3 N–H and O–H groups in total. The molecule has 2 aromatic rings. The molecule has 2 aromatic carbocycles. The van der Waals surface area contributed by atoms with Gasteiger partial charge in [-0.15, -0.1) is 0 Å². The van der Waals surface area contributed by atoms with Crippen LogP contribution in [0.4, 0.5) is 5.69 Å². The lowest BCUT2D eigenvalue weighted by Gasteiger charge is -2.09. The summed E-state index contributed by atoms with van der Waals surface area (Å²) in [6.45, 7) is 0.790. The van der Waals surface area contributed by atoms with E-state index in [0.29, 0.717) is 29.4 Å². The molecule has 0 unspecified atom stereocenters. The molecule has 6 heteroatoms. The largest absolute Gasteiger partial charge is 0.492 e. The summed E-state index contributed by atoms with van der Waals surface area (Å²) in [6.07, 6.45) is 0. The molecule has 0 fully saturated rings. The van der Waals surface area contributed by atoms with Crippen LogP contribution >= 0.6 is 34.2 Å². The van der Waals surface area contributed by atoms with E-state index < -0.39 is 0 Å². The van der Waals surface area contributed by atoms with E-state index >= 15 is 0 Å². The van der Waals surface area contributed by atoms with Gasteiger partial charge in [0.15, 0.2) is 0 Å². The molecule has 0 saturated heterocycles. The summed E-state index contributed by atoms with van der Waals surface area (Å²) in [5.41, 5.74) is 6.84. The van der Waals surface area contributed by atoms with Crippen LogP contribution in [0, 0.1) is 3.57 Å². The van der Waals surface area contributed by atoms with Crippen molar-refractivity contribution >= 4 is 45.8 Å². The van der Waals surface area contributed by atoms with Crippen LogP contribution in [-0.4, -0.2) is 19.1 Å². The van der Waals surface area contributed by atoms with Crippen LogP contribution in [0.3, 0.4) is 0 Å². The molecular weight excluding hydrogens is 403 g/mol. The summed E-state index contributed by atoms with van der Waals surface area (Å²) < 4.78 is 6.36. The Morgan fingerprint density at radius 3 is 2.67 bits per heavy atom. The third kappa shape index (κ3) is 4.78. The standard InChI is InChI=1S/C15H14ClIN2O2/c16-10-1-6-14(17)13(9-10)15(20)19-7-8-21-12-4-2-11(18)3-5-12/h1-6,9H,7-8,18H2,(H,19,20). The van der Waals surface area contributed by atoms with Crippen molar-refractivity contribution in [2.45, 2.75) is 0 Å². The number of rotatable bonds is 5. The van der Waals surface area contributed by atoms with E-state index in [1.54, 1.807) is 36.4 Å². The predicted molar refractivity (Wildman–Crippen MR) is 92.9 cm³/mol. The number of anilines is 1. The molecule has 0 saturated carbocycles. The number of carbonyl (C=O) groups is 1. The fourth-order valence-corrected chi connectivity index (χ4v) is 2.42. The number of halogens is 2. The van der Waals surface area contributed by atoms with Crippen molar-refractivity contribution in [3.8, 4) is 5.75 Å². The topological polar surface area (TPSA) is 64.3 Å². The SMILES string of the molecule is Nc1ccc(OCCNC(=O)c2cc(Cl)ccc2I)cc1. The number of hydrogen-bond acceptors (Lipinski definition) is 3. The normalized spacial score (nSPS) is 10.2. The van der Waals surface area contributed by atoms with Crippen LogP contribution in [0.25, 0.3) is 0 Å². The molecule has 0 aliphatic carbocycles. The second-order valence-electron chi connectivity index (χ2n) is 4.30. The maximum Gasteiger partial charge on any atom is 0.252 e. The fourth-order valence-electron chi connectivity index (χ4n) is 1.66. The highest BCUT2D eigenvalue weighted by atomic mass is 127. The lowest BCUT2D eigenvalue weighted by atomic mass is 10.2. The summed E-state index contributed by atoms with van der Waals surface area (Å²) in [5.74, 6) is 0.554. The van der Waals surface area contributed by atoms with E-state index in [-0.39, 0.29) is 5.91 Å². The Balaban J connectivity index is 1.81. The van der Waals surface area contributed by atoms with Crippen LogP contribution in [0.5, 0.6) is 5.75 Å². The van der Waals surface area contributed by atoms with E-state index in [0.717, 1.165) is 9.32 Å². The Morgan fingerprint density at radius 1 is 1.24 bits per heavy atom. The molecular formula is C15H14ClIN2O2. The average molecular weight is 417 g/mol. The molecule has 0 spiro atoms. The first-order valence-electron chi connectivity index (χ1n) is 6.28. The van der Waals surface area contributed by atoms with Gasteiger partial charge in [-0.3, -0.25) is 4.79 Å². The van der Waals surface area contributed by atoms with Crippen LogP contribution in [0.15, 0.2) is 42.5 Å². The quantitative estimate of drug-likeness (QED) is 0.446. The van der Waals surface area contributed by atoms with Crippen LogP contribution in [0.2, 0.25) is 5.02 Å². The van der Waals surface area contributed by atoms with Crippen molar-refractivity contribution in [3.05, 3.63) is 56.6 Å². The maximum atomic E-state index is 12.0. The van der Waals surface area contributed by atoms with E-state index in [9.17, 15) is 4.79 Å². The zero-order valence-electron chi connectivity index (χ0n) is 11.1. The van der Waals surface area contributed by atoms with Gasteiger partial charge in [0.1, 0.15) is 12.4 Å². The molecule has 0 radical (unpaired) electrons. The summed E-state index contributed by atoms with van der Waals surface area (Å²) >= 11 is 8.00. The van der Waals surface area contributed by atoms with E-state index in [2.05, 4.69) is 27.9 Å². The van der Waals surface area contributed by atoms with Gasteiger partial charge in [-0.05, 0) is 65.1 Å². The van der Waals surface area contributed by atoms with Crippen molar-refractivity contribution in [2.24, 2.45) is 0 Å². The first kappa shape index (κ1) is 15.9. The fraction of sp³-hybridized carbons (Fsp3) is 0.133. The molecule has 1 amide bonds. The van der Waals surface area contributed by atoms with Gasteiger partial charge in [0, 0.05) is 14.3 Å². The zero-order chi connectivity index (χ0) is 15.2. The van der Waals surface area contributed by atoms with Crippen molar-refractivity contribution in [3.63, 3.8) is 0 Å². The molecule has 2 rings (SSSR count). The third-order valence-electron chi connectivity index (χ3n) is 2.71. The first-order chi connectivity index (χ1) is 10.1. The summed E-state index contributed by atoms with van der Waals surface area (Å²) in [6, 6.07) is 12.3. The third-order valence-corrected chi connectivity index (χ3v) is 3.89. The minimum absolute atomic E-state index is 0.164. The smallest absolute Gasteiger partial charge is 0.252 e. The summed E-state index contributed by atoms with van der Waals surface area (Å²) in [5, 5.41) is 3.34. The monoisotopic (exact) mass is 416 g/mol. The van der Waals surface area contributed by atoms with Crippen LogP contribution < -0.4 is 15.8 Å². The predicted octanol–water partition coefficient (Wildman–Crippen LogP) is 3.34. The number of carbonyl (C=O) groups excluding carboxylic acids is 1. The number of hydrogen-bond donors (Lipinski definition) is 2. The lowest BCUT2D eigenvalue weighted by molar-refractivity contribution is 0.0946. The molecule has 0 aliphatic rings. The van der Waals surface area contributed by atoms with Gasteiger partial charge in [0.05, 0.1) is 12.1 Å². The molecule has 0 aromatic heterocycles. The van der Waals surface area contributed by atoms with Gasteiger partial charge in [-0.25, -0.2) is 0 Å². The molecule has 0 heterocycles. The van der Waals surface area contributed by atoms with E-state index in [1.807, 2.05) is 6.07 Å². The molecule has 4 nitrogen and oxygen atoms in total. The van der Waals surface area contributed by atoms with Gasteiger partial charge < -0.3 is 15.8 Å². The Hall–Kier alpha value is -1.47. The van der Waals surface area contributed by atoms with Gasteiger partial charge in [-0.2, -0.15) is 0 Å². The highest BCUT2D eigenvalue weighted by Gasteiger charge is 2.09. The minimum Gasteiger partial charge on any atom is -0.492 e. The van der Waals surface area contributed by atoms with Crippen molar-refractivity contribution in [1.82, 2.24) is 5.32 Å². The molecule has 0 atom stereocenters. The Morgan fingerprint density at radius 2 is 1.95 bits per heavy atom. The van der Waals surface area contributed by atoms with E-state index in [4.69, 9.17) is 22.1 Å². The number of nitrogens with one attached hydrogen (secondary N) is 1. The van der Waals surface area contributed by atoms with Crippen molar-refractivity contribution < 1.29 is 9.53 Å². The summed E-state index contributed by atoms with van der Waals surface area (Å²) in [7, 11) is 0. The van der Waals surface area contributed by atoms with Gasteiger partial charge in [0.2, 0.25) is 0 Å². The molecule has 0 bridgehead atoms. The number of ether oxygens (including phenoxy) is 1. The number of benzene rings is 2. The van der Waals surface area contributed by atoms with Gasteiger partial charge >= 0.3 is 0 Å².